The first kappa shape index (κ1) is 12.9. The van der Waals surface area contributed by atoms with Gasteiger partial charge in [0.1, 0.15) is 17.2 Å². The lowest BCUT2D eigenvalue weighted by atomic mass is 10.1. The molecule has 88 valence electrons. The Morgan fingerprint density at radius 3 is 2.69 bits per heavy atom. The van der Waals surface area contributed by atoms with Crippen molar-refractivity contribution < 1.29 is 13.6 Å². The lowest BCUT2D eigenvalue weighted by Crippen LogP contribution is -2.51. The van der Waals surface area contributed by atoms with E-state index in [0.717, 1.165) is 30.0 Å². The summed E-state index contributed by atoms with van der Waals surface area (Å²) in [7, 11) is 0. The number of hydrogen-bond donors (Lipinski definition) is 2. The van der Waals surface area contributed by atoms with Crippen LogP contribution < -0.4 is 11.5 Å². The molecule has 1 aromatic carbocycles. The number of amides is 1. The quantitative estimate of drug-likeness (QED) is 0.786. The second-order valence-electron chi connectivity index (χ2n) is 3.65. The second-order valence-corrected chi connectivity index (χ2v) is 4.66. The fraction of sp³-hybridized carbons (Fsp3) is 0.300. The zero-order chi connectivity index (χ0) is 12.3. The largest absolute Gasteiger partial charge is 0.368 e. The molecule has 3 nitrogen and oxygen atoms in total. The third-order valence-corrected chi connectivity index (χ3v) is 3.35. The highest BCUT2D eigenvalue weighted by molar-refractivity contribution is 7.99. The minimum atomic E-state index is -1.25. The molecule has 0 saturated carbocycles. The maximum atomic E-state index is 13.2. The van der Waals surface area contributed by atoms with Crippen molar-refractivity contribution in [3.05, 3.63) is 29.8 Å². The molecule has 0 spiro atoms. The predicted octanol–water partition coefficient (Wildman–Crippen LogP) is 1.26. The van der Waals surface area contributed by atoms with Crippen molar-refractivity contribution in [3.8, 4) is 0 Å². The number of benzene rings is 1. The van der Waals surface area contributed by atoms with Crippen LogP contribution in [0.15, 0.2) is 23.1 Å². The Labute approximate surface area is 96.2 Å². The molecule has 4 N–H and O–H groups in total. The Kier molecular flexibility index (Phi) is 3.88. The van der Waals surface area contributed by atoms with Gasteiger partial charge in [-0.05, 0) is 25.1 Å². The maximum absolute atomic E-state index is 13.2. The van der Waals surface area contributed by atoms with E-state index < -0.39 is 23.1 Å². The van der Waals surface area contributed by atoms with Crippen LogP contribution in [0.3, 0.4) is 0 Å². The maximum Gasteiger partial charge on any atom is 0.238 e. The molecule has 0 aromatic heterocycles. The summed E-state index contributed by atoms with van der Waals surface area (Å²) < 4.78 is 26.0. The second kappa shape index (κ2) is 4.80. The van der Waals surface area contributed by atoms with E-state index in [1.165, 1.54) is 6.92 Å². The Morgan fingerprint density at radius 2 is 2.12 bits per heavy atom. The van der Waals surface area contributed by atoms with E-state index in [9.17, 15) is 13.6 Å². The van der Waals surface area contributed by atoms with Crippen LogP contribution in [0.1, 0.15) is 6.92 Å². The molecule has 0 saturated heterocycles. The summed E-state index contributed by atoms with van der Waals surface area (Å²) >= 11 is 0.956. The molecule has 0 bridgehead atoms. The van der Waals surface area contributed by atoms with Gasteiger partial charge < -0.3 is 11.5 Å². The summed E-state index contributed by atoms with van der Waals surface area (Å²) in [6.07, 6.45) is 0. The van der Waals surface area contributed by atoms with E-state index >= 15 is 0 Å². The summed E-state index contributed by atoms with van der Waals surface area (Å²) in [6, 6.07) is 3.10. The number of thioether (sulfide) groups is 1. The van der Waals surface area contributed by atoms with Crippen LogP contribution in [0.4, 0.5) is 8.78 Å². The fourth-order valence-electron chi connectivity index (χ4n) is 0.887. The smallest absolute Gasteiger partial charge is 0.238 e. The molecule has 6 heteroatoms. The van der Waals surface area contributed by atoms with Crippen LogP contribution in [0, 0.1) is 11.6 Å². The molecule has 1 unspecified atom stereocenters. The van der Waals surface area contributed by atoms with Crippen LogP contribution in [0.2, 0.25) is 0 Å². The van der Waals surface area contributed by atoms with Gasteiger partial charge in [0, 0.05) is 10.6 Å². The van der Waals surface area contributed by atoms with Crippen molar-refractivity contribution in [3.63, 3.8) is 0 Å². The molecular formula is C10H12F2N2OS. The Bertz CT molecular complexity index is 410. The van der Waals surface area contributed by atoms with E-state index in [1.807, 2.05) is 0 Å². The molecule has 16 heavy (non-hydrogen) atoms. The van der Waals surface area contributed by atoms with E-state index in [0.29, 0.717) is 0 Å². The van der Waals surface area contributed by atoms with Crippen LogP contribution in [-0.4, -0.2) is 17.2 Å². The molecule has 1 amide bonds. The minimum absolute atomic E-state index is 0.0860. The number of carbonyl (C=O) groups is 1. The Balaban J connectivity index is 2.75. The molecule has 0 heterocycles. The zero-order valence-electron chi connectivity index (χ0n) is 8.67. The van der Waals surface area contributed by atoms with Gasteiger partial charge in [-0.1, -0.05) is 0 Å². The van der Waals surface area contributed by atoms with Gasteiger partial charge in [0.25, 0.3) is 0 Å². The minimum Gasteiger partial charge on any atom is -0.368 e. The van der Waals surface area contributed by atoms with Gasteiger partial charge in [0.2, 0.25) is 5.91 Å². The highest BCUT2D eigenvalue weighted by Gasteiger charge is 2.26. The van der Waals surface area contributed by atoms with Gasteiger partial charge in [-0.2, -0.15) is 0 Å². The summed E-state index contributed by atoms with van der Waals surface area (Å²) in [4.78, 5) is 11.0. The first-order valence-electron chi connectivity index (χ1n) is 4.49. The number of hydrogen-bond acceptors (Lipinski definition) is 3. The lowest BCUT2D eigenvalue weighted by molar-refractivity contribution is -0.121. The Morgan fingerprint density at radius 1 is 1.50 bits per heavy atom. The first-order valence-corrected chi connectivity index (χ1v) is 5.48. The molecule has 0 aliphatic rings. The summed E-state index contributed by atoms with van der Waals surface area (Å²) in [6.45, 7) is 1.44. The average Bonchev–Trinajstić information content (AvgIpc) is 2.19. The predicted molar refractivity (Wildman–Crippen MR) is 58.9 cm³/mol. The van der Waals surface area contributed by atoms with E-state index in [1.54, 1.807) is 0 Å². The summed E-state index contributed by atoms with van der Waals surface area (Å²) in [5, 5.41) is 0. The number of rotatable bonds is 4. The molecule has 0 radical (unpaired) electrons. The Hall–Kier alpha value is -1.14. The monoisotopic (exact) mass is 246 g/mol. The van der Waals surface area contributed by atoms with Crippen molar-refractivity contribution >= 4 is 17.7 Å². The lowest BCUT2D eigenvalue weighted by Gasteiger charge is -2.19. The van der Waals surface area contributed by atoms with Crippen LogP contribution in [-0.2, 0) is 4.79 Å². The number of nitrogens with two attached hydrogens (primary N) is 2. The molecule has 1 rings (SSSR count). The van der Waals surface area contributed by atoms with Crippen molar-refractivity contribution in [2.24, 2.45) is 11.5 Å². The molecule has 1 atom stereocenters. The first-order chi connectivity index (χ1) is 7.33. The highest BCUT2D eigenvalue weighted by Crippen LogP contribution is 2.25. The summed E-state index contributed by atoms with van der Waals surface area (Å²) in [5.74, 6) is -1.69. The zero-order valence-corrected chi connectivity index (χ0v) is 9.48. The fourth-order valence-corrected chi connectivity index (χ4v) is 1.89. The van der Waals surface area contributed by atoms with E-state index in [4.69, 9.17) is 11.5 Å². The topological polar surface area (TPSA) is 69.1 Å². The van der Waals surface area contributed by atoms with Gasteiger partial charge in [-0.15, -0.1) is 11.8 Å². The molecule has 0 fully saturated rings. The van der Waals surface area contributed by atoms with Gasteiger partial charge >= 0.3 is 0 Å². The molecular weight excluding hydrogens is 234 g/mol. The average molecular weight is 246 g/mol. The highest BCUT2D eigenvalue weighted by atomic mass is 32.2. The third-order valence-electron chi connectivity index (χ3n) is 1.98. The van der Waals surface area contributed by atoms with Gasteiger partial charge in [0.05, 0.1) is 0 Å². The van der Waals surface area contributed by atoms with Crippen LogP contribution in [0.5, 0.6) is 0 Å². The van der Waals surface area contributed by atoms with Gasteiger partial charge in [-0.25, -0.2) is 8.78 Å². The van der Waals surface area contributed by atoms with Crippen molar-refractivity contribution in [1.29, 1.82) is 0 Å². The summed E-state index contributed by atoms with van der Waals surface area (Å²) in [5.41, 5.74) is 9.39. The third kappa shape index (κ3) is 3.18. The molecule has 0 aliphatic heterocycles. The van der Waals surface area contributed by atoms with Crippen molar-refractivity contribution in [2.45, 2.75) is 17.4 Å². The number of halogens is 2. The number of carbonyl (C=O) groups excluding carboxylic acids is 1. The van der Waals surface area contributed by atoms with E-state index in [-0.39, 0.29) is 10.6 Å². The normalized spacial score (nSPS) is 14.5. The van der Waals surface area contributed by atoms with E-state index in [2.05, 4.69) is 0 Å². The van der Waals surface area contributed by atoms with Gasteiger partial charge in [0.15, 0.2) is 0 Å². The standard InChI is InChI=1S/C10H12F2N2OS/c1-10(14,9(13)15)5-16-8-4-6(11)2-3-7(8)12/h2-4H,5,14H2,1H3,(H2,13,15). The molecule has 1 aromatic rings. The van der Waals surface area contributed by atoms with Crippen molar-refractivity contribution in [1.82, 2.24) is 0 Å². The SMILES string of the molecule is CC(N)(CSc1cc(F)ccc1F)C(N)=O. The van der Waals surface area contributed by atoms with Crippen LogP contribution in [0.25, 0.3) is 0 Å². The number of primary amides is 1. The molecule has 0 aliphatic carbocycles. The van der Waals surface area contributed by atoms with Gasteiger partial charge in [-0.3, -0.25) is 4.79 Å². The van der Waals surface area contributed by atoms with Crippen LogP contribution >= 0.6 is 11.8 Å². The van der Waals surface area contributed by atoms with Crippen molar-refractivity contribution in [2.75, 3.05) is 5.75 Å².